The average molecular weight is 371 g/mol. The van der Waals surface area contributed by atoms with Gasteiger partial charge in [0.25, 0.3) is 5.91 Å². The highest BCUT2D eigenvalue weighted by molar-refractivity contribution is 7.13. The first kappa shape index (κ1) is 17.2. The first-order chi connectivity index (χ1) is 12.7. The Morgan fingerprint density at radius 2 is 2.31 bits per heavy atom. The molecule has 4 rings (SSSR count). The molecule has 1 aromatic carbocycles. The van der Waals surface area contributed by atoms with E-state index in [1.165, 1.54) is 11.3 Å². The van der Waals surface area contributed by atoms with Crippen LogP contribution in [-0.4, -0.2) is 29.9 Å². The van der Waals surface area contributed by atoms with E-state index in [1.54, 1.807) is 6.20 Å². The maximum absolute atomic E-state index is 12.4. The van der Waals surface area contributed by atoms with Crippen LogP contribution in [0.15, 0.2) is 30.5 Å². The average Bonchev–Trinajstić information content (AvgIpc) is 3.40. The van der Waals surface area contributed by atoms with Crippen molar-refractivity contribution in [2.45, 2.75) is 38.3 Å². The van der Waals surface area contributed by atoms with Crippen molar-refractivity contribution in [1.82, 2.24) is 10.3 Å². The van der Waals surface area contributed by atoms with Crippen LogP contribution >= 0.6 is 11.3 Å². The van der Waals surface area contributed by atoms with E-state index in [0.29, 0.717) is 17.8 Å². The van der Waals surface area contributed by atoms with E-state index >= 15 is 0 Å². The lowest BCUT2D eigenvalue weighted by Gasteiger charge is -2.16. The molecule has 0 bridgehead atoms. The zero-order valence-corrected chi connectivity index (χ0v) is 15.3. The van der Waals surface area contributed by atoms with Crippen LogP contribution in [0.2, 0.25) is 0 Å². The SMILES string of the molecule is O=C(NCc1cccc(N2CCCC2=O)c1)c1cnc(C2CCCO2)s1. The highest BCUT2D eigenvalue weighted by atomic mass is 32.1. The molecular weight excluding hydrogens is 350 g/mol. The van der Waals surface area contributed by atoms with Crippen LogP contribution in [0.25, 0.3) is 0 Å². The molecule has 2 fully saturated rings. The van der Waals surface area contributed by atoms with Gasteiger partial charge in [-0.3, -0.25) is 9.59 Å². The summed E-state index contributed by atoms with van der Waals surface area (Å²) in [6.07, 6.45) is 5.18. The Kier molecular flexibility index (Phi) is 4.99. The molecule has 1 atom stereocenters. The number of carbonyl (C=O) groups is 2. The van der Waals surface area contributed by atoms with Gasteiger partial charge >= 0.3 is 0 Å². The number of nitrogens with zero attached hydrogens (tertiary/aromatic N) is 2. The third-order valence-corrected chi connectivity index (χ3v) is 5.79. The molecule has 0 aliphatic carbocycles. The molecular formula is C19H21N3O3S. The molecule has 136 valence electrons. The molecule has 26 heavy (non-hydrogen) atoms. The minimum Gasteiger partial charge on any atom is -0.371 e. The largest absolute Gasteiger partial charge is 0.371 e. The lowest BCUT2D eigenvalue weighted by atomic mass is 10.2. The van der Waals surface area contributed by atoms with Gasteiger partial charge in [-0.15, -0.1) is 11.3 Å². The van der Waals surface area contributed by atoms with Crippen LogP contribution in [0.1, 0.15) is 52.0 Å². The Morgan fingerprint density at radius 3 is 3.08 bits per heavy atom. The number of hydrogen-bond acceptors (Lipinski definition) is 5. The number of anilines is 1. The van der Waals surface area contributed by atoms with Gasteiger partial charge in [0.05, 0.1) is 6.20 Å². The van der Waals surface area contributed by atoms with E-state index in [2.05, 4.69) is 10.3 Å². The van der Waals surface area contributed by atoms with Crippen molar-refractivity contribution in [3.63, 3.8) is 0 Å². The fraction of sp³-hybridized carbons (Fsp3) is 0.421. The molecule has 2 aliphatic rings. The molecule has 3 heterocycles. The monoisotopic (exact) mass is 371 g/mol. The fourth-order valence-electron chi connectivity index (χ4n) is 3.34. The molecule has 2 aromatic rings. The molecule has 2 saturated heterocycles. The third kappa shape index (κ3) is 3.64. The number of benzene rings is 1. The normalized spacial score (nSPS) is 19.9. The van der Waals surface area contributed by atoms with Crippen molar-refractivity contribution in [2.75, 3.05) is 18.1 Å². The number of ether oxygens (including phenoxy) is 1. The summed E-state index contributed by atoms with van der Waals surface area (Å²) in [5.41, 5.74) is 1.87. The van der Waals surface area contributed by atoms with E-state index < -0.39 is 0 Å². The van der Waals surface area contributed by atoms with Gasteiger partial charge in [0.1, 0.15) is 16.0 Å². The third-order valence-electron chi connectivity index (χ3n) is 4.70. The van der Waals surface area contributed by atoms with E-state index in [-0.39, 0.29) is 17.9 Å². The lowest BCUT2D eigenvalue weighted by Crippen LogP contribution is -2.24. The molecule has 2 aliphatic heterocycles. The van der Waals surface area contributed by atoms with Gasteiger partial charge in [0.15, 0.2) is 0 Å². The molecule has 0 spiro atoms. The predicted octanol–water partition coefficient (Wildman–Crippen LogP) is 3.05. The second-order valence-electron chi connectivity index (χ2n) is 6.57. The van der Waals surface area contributed by atoms with Crippen molar-refractivity contribution >= 4 is 28.8 Å². The standard InChI is InChI=1S/C19H21N3O3S/c23-17-7-2-8-22(17)14-5-1-4-13(10-14)11-20-18(24)16-12-21-19(26-16)15-6-3-9-25-15/h1,4-5,10,12,15H,2-3,6-9,11H2,(H,20,24). The van der Waals surface area contributed by atoms with Crippen LogP contribution in [0.3, 0.4) is 0 Å². The number of hydrogen-bond donors (Lipinski definition) is 1. The van der Waals surface area contributed by atoms with Gasteiger partial charge in [-0.1, -0.05) is 12.1 Å². The zero-order chi connectivity index (χ0) is 17.9. The number of aromatic nitrogens is 1. The summed E-state index contributed by atoms with van der Waals surface area (Å²) in [5, 5.41) is 3.81. The summed E-state index contributed by atoms with van der Waals surface area (Å²) in [7, 11) is 0. The van der Waals surface area contributed by atoms with Crippen LogP contribution in [0, 0.1) is 0 Å². The molecule has 0 saturated carbocycles. The number of rotatable bonds is 5. The van der Waals surface area contributed by atoms with Crippen LogP contribution < -0.4 is 10.2 Å². The van der Waals surface area contributed by atoms with Gasteiger partial charge in [-0.2, -0.15) is 0 Å². The van der Waals surface area contributed by atoms with Gasteiger partial charge < -0.3 is 15.0 Å². The van der Waals surface area contributed by atoms with Gasteiger partial charge in [-0.25, -0.2) is 4.98 Å². The smallest absolute Gasteiger partial charge is 0.263 e. The van der Waals surface area contributed by atoms with E-state index in [0.717, 1.165) is 48.7 Å². The van der Waals surface area contributed by atoms with Crippen molar-refractivity contribution < 1.29 is 14.3 Å². The Morgan fingerprint density at radius 1 is 1.38 bits per heavy atom. The first-order valence-corrected chi connectivity index (χ1v) is 9.77. The highest BCUT2D eigenvalue weighted by Gasteiger charge is 2.23. The van der Waals surface area contributed by atoms with Gasteiger partial charge in [0.2, 0.25) is 5.91 Å². The molecule has 6 nitrogen and oxygen atoms in total. The second-order valence-corrected chi connectivity index (χ2v) is 7.63. The summed E-state index contributed by atoms with van der Waals surface area (Å²) in [6.45, 7) is 1.95. The van der Waals surface area contributed by atoms with Crippen molar-refractivity contribution in [3.05, 3.63) is 45.9 Å². The summed E-state index contributed by atoms with van der Waals surface area (Å²) < 4.78 is 5.62. The second kappa shape index (κ2) is 7.55. The Hall–Kier alpha value is -2.25. The summed E-state index contributed by atoms with van der Waals surface area (Å²) in [6, 6.07) is 7.78. The Balaban J connectivity index is 1.38. The molecule has 1 N–H and O–H groups in total. The van der Waals surface area contributed by atoms with Gasteiger partial charge in [-0.05, 0) is 37.0 Å². The Labute approximate surface area is 156 Å². The number of nitrogens with one attached hydrogen (secondary N) is 1. The molecule has 2 amide bonds. The van der Waals surface area contributed by atoms with Crippen LogP contribution in [0.5, 0.6) is 0 Å². The molecule has 1 aromatic heterocycles. The van der Waals surface area contributed by atoms with E-state index in [9.17, 15) is 9.59 Å². The first-order valence-electron chi connectivity index (χ1n) is 8.95. The zero-order valence-electron chi connectivity index (χ0n) is 14.4. The molecule has 0 radical (unpaired) electrons. The topological polar surface area (TPSA) is 71.5 Å². The molecule has 7 heteroatoms. The highest BCUT2D eigenvalue weighted by Crippen LogP contribution is 2.31. The van der Waals surface area contributed by atoms with Crippen LogP contribution in [-0.2, 0) is 16.1 Å². The van der Waals surface area contributed by atoms with Crippen molar-refractivity contribution in [2.24, 2.45) is 0 Å². The van der Waals surface area contributed by atoms with Crippen LogP contribution in [0.4, 0.5) is 5.69 Å². The maximum atomic E-state index is 12.4. The maximum Gasteiger partial charge on any atom is 0.263 e. The summed E-state index contributed by atoms with van der Waals surface area (Å²) in [4.78, 5) is 31.0. The predicted molar refractivity (Wildman–Crippen MR) is 99.2 cm³/mol. The molecule has 1 unspecified atom stereocenters. The summed E-state index contributed by atoms with van der Waals surface area (Å²) in [5.74, 6) is 0.0342. The van der Waals surface area contributed by atoms with Crippen molar-refractivity contribution in [3.8, 4) is 0 Å². The minimum atomic E-state index is -0.130. The number of carbonyl (C=O) groups excluding carboxylic acids is 2. The minimum absolute atomic E-state index is 0.0382. The Bertz CT molecular complexity index is 814. The fourth-order valence-corrected chi connectivity index (χ4v) is 4.26. The summed E-state index contributed by atoms with van der Waals surface area (Å²) >= 11 is 1.40. The van der Waals surface area contributed by atoms with Gasteiger partial charge in [0, 0.05) is 31.8 Å². The lowest BCUT2D eigenvalue weighted by molar-refractivity contribution is -0.117. The van der Waals surface area contributed by atoms with E-state index in [4.69, 9.17) is 4.74 Å². The quantitative estimate of drug-likeness (QED) is 0.877. The number of amides is 2. The number of thiazole rings is 1. The van der Waals surface area contributed by atoms with E-state index in [1.807, 2.05) is 29.2 Å². The van der Waals surface area contributed by atoms with Crippen molar-refractivity contribution in [1.29, 1.82) is 0 Å².